The van der Waals surface area contributed by atoms with Crippen molar-refractivity contribution in [3.05, 3.63) is 28.3 Å². The van der Waals surface area contributed by atoms with Crippen LogP contribution in [-0.4, -0.2) is 40.7 Å². The van der Waals surface area contributed by atoms with Gasteiger partial charge in [-0.25, -0.2) is 4.79 Å². The maximum absolute atomic E-state index is 11.9. The summed E-state index contributed by atoms with van der Waals surface area (Å²) in [5, 5.41) is 13.7. The lowest BCUT2D eigenvalue weighted by Gasteiger charge is -2.34. The second-order valence-corrected chi connectivity index (χ2v) is 7.63. The van der Waals surface area contributed by atoms with E-state index >= 15 is 0 Å². The molecule has 146 valence electrons. The minimum Gasteiger partial charge on any atom is -0.444 e. The van der Waals surface area contributed by atoms with Crippen LogP contribution < -0.4 is 10.2 Å². The molecule has 9 nitrogen and oxygen atoms in total. The summed E-state index contributed by atoms with van der Waals surface area (Å²) in [7, 11) is 0. The van der Waals surface area contributed by atoms with Crippen LogP contribution in [0.4, 0.5) is 16.5 Å². The van der Waals surface area contributed by atoms with Crippen molar-refractivity contribution >= 4 is 28.9 Å². The van der Waals surface area contributed by atoms with Gasteiger partial charge in [0.25, 0.3) is 11.7 Å². The molecule has 1 N–H and O–H groups in total. The fourth-order valence-corrected chi connectivity index (χ4v) is 3.12. The van der Waals surface area contributed by atoms with E-state index in [2.05, 4.69) is 10.3 Å². The van der Waals surface area contributed by atoms with Crippen molar-refractivity contribution in [1.29, 1.82) is 0 Å². The van der Waals surface area contributed by atoms with Crippen LogP contribution in [0.1, 0.15) is 40.0 Å². The lowest BCUT2D eigenvalue weighted by molar-refractivity contribution is -0.384. The molecule has 2 heterocycles. The van der Waals surface area contributed by atoms with E-state index in [1.165, 1.54) is 12.1 Å². The minimum absolute atomic E-state index is 0.0225. The van der Waals surface area contributed by atoms with Gasteiger partial charge in [0.15, 0.2) is 5.58 Å². The molecule has 0 radical (unpaired) electrons. The Balaban J connectivity index is 1.74. The highest BCUT2D eigenvalue weighted by Gasteiger charge is 2.28. The van der Waals surface area contributed by atoms with E-state index in [-0.39, 0.29) is 11.7 Å². The van der Waals surface area contributed by atoms with Crippen molar-refractivity contribution in [2.75, 3.05) is 18.0 Å². The van der Waals surface area contributed by atoms with Crippen molar-refractivity contribution in [2.24, 2.45) is 0 Å². The molecule has 1 aromatic heterocycles. The number of ether oxygens (including phenoxy) is 1. The molecular weight excluding hydrogens is 352 g/mol. The number of non-ortho nitro benzene ring substituents is 1. The Hall–Kier alpha value is -2.84. The highest BCUT2D eigenvalue weighted by molar-refractivity contribution is 5.77. The zero-order chi connectivity index (χ0) is 19.6. The van der Waals surface area contributed by atoms with Crippen LogP contribution >= 0.6 is 0 Å². The molecule has 27 heavy (non-hydrogen) atoms. The summed E-state index contributed by atoms with van der Waals surface area (Å²) in [5.74, 6) is 0. The number of piperidine rings is 1. The van der Waals surface area contributed by atoms with E-state index in [1.54, 1.807) is 6.07 Å². The summed E-state index contributed by atoms with van der Waals surface area (Å²) in [5.41, 5.74) is 0.374. The van der Waals surface area contributed by atoms with E-state index in [9.17, 15) is 14.9 Å². The Bertz CT molecular complexity index is 842. The quantitative estimate of drug-likeness (QED) is 0.641. The van der Waals surface area contributed by atoms with Crippen molar-refractivity contribution in [1.82, 2.24) is 10.3 Å². The third kappa shape index (κ3) is 4.66. The van der Waals surface area contributed by atoms with Crippen molar-refractivity contribution < 1.29 is 18.9 Å². The number of anilines is 1. The highest BCUT2D eigenvalue weighted by atomic mass is 16.6. The Kier molecular flexibility index (Phi) is 5.20. The van der Waals surface area contributed by atoms with Gasteiger partial charge < -0.3 is 19.4 Å². The number of hydrogen-bond acceptors (Lipinski definition) is 7. The third-order valence-corrected chi connectivity index (χ3v) is 4.32. The summed E-state index contributed by atoms with van der Waals surface area (Å²) < 4.78 is 11.1. The molecule has 0 bridgehead atoms. The molecule has 0 aliphatic carbocycles. The summed E-state index contributed by atoms with van der Waals surface area (Å²) in [4.78, 5) is 28.8. The number of fused-ring (bicyclic) bond motifs is 1. The van der Waals surface area contributed by atoms with Crippen LogP contribution in [0, 0.1) is 10.1 Å². The first-order valence-electron chi connectivity index (χ1n) is 9.01. The molecule has 1 aromatic carbocycles. The van der Waals surface area contributed by atoms with E-state index in [0.717, 1.165) is 25.8 Å². The van der Waals surface area contributed by atoms with Crippen LogP contribution in [0.3, 0.4) is 0 Å². The van der Waals surface area contributed by atoms with E-state index in [0.29, 0.717) is 23.7 Å². The van der Waals surface area contributed by atoms with E-state index < -0.39 is 16.6 Å². The van der Waals surface area contributed by atoms with Gasteiger partial charge in [0.1, 0.15) is 11.1 Å². The van der Waals surface area contributed by atoms with Crippen LogP contribution in [0.2, 0.25) is 0 Å². The zero-order valence-corrected chi connectivity index (χ0v) is 15.7. The van der Waals surface area contributed by atoms with Crippen LogP contribution in [-0.2, 0) is 4.74 Å². The molecule has 2 aromatic rings. The summed E-state index contributed by atoms with van der Waals surface area (Å²) in [6, 6.07) is 4.80. The molecule has 9 heteroatoms. The highest BCUT2D eigenvalue weighted by Crippen LogP contribution is 2.29. The molecule has 0 saturated carbocycles. The molecule has 1 atom stereocenters. The van der Waals surface area contributed by atoms with E-state index in [1.807, 2.05) is 25.7 Å². The van der Waals surface area contributed by atoms with Crippen LogP contribution in [0.15, 0.2) is 22.6 Å². The Labute approximate surface area is 156 Å². The average molecular weight is 376 g/mol. The number of benzene rings is 1. The second-order valence-electron chi connectivity index (χ2n) is 7.63. The van der Waals surface area contributed by atoms with Crippen LogP contribution in [0.5, 0.6) is 0 Å². The Morgan fingerprint density at radius 1 is 1.44 bits per heavy atom. The van der Waals surface area contributed by atoms with Gasteiger partial charge in [0.2, 0.25) is 0 Å². The normalized spacial score (nSPS) is 17.7. The van der Waals surface area contributed by atoms with Gasteiger partial charge in [-0.1, -0.05) is 0 Å². The number of aromatic nitrogens is 1. The zero-order valence-electron chi connectivity index (χ0n) is 15.7. The number of oxazole rings is 1. The number of alkyl carbamates (subject to hydrolysis) is 1. The Morgan fingerprint density at radius 3 is 2.93 bits per heavy atom. The minimum atomic E-state index is -0.550. The molecular formula is C18H24N4O5. The summed E-state index contributed by atoms with van der Waals surface area (Å²) in [6.07, 6.45) is 2.46. The number of hydrogen-bond donors (Lipinski definition) is 1. The SMILES string of the molecule is CC(C)(C)OC(=O)NC[C@H]1CCCCN1c1nc2cc([N+](=O)[O-])ccc2o1. The number of nitrogens with one attached hydrogen (secondary N) is 1. The van der Waals surface area contributed by atoms with Gasteiger partial charge in [-0.05, 0) is 46.1 Å². The monoisotopic (exact) mass is 376 g/mol. The standard InChI is InChI=1S/C18H24N4O5/c1-18(2,3)27-17(23)19-11-13-6-4-5-9-21(13)16-20-14-10-12(22(24)25)7-8-15(14)26-16/h7-8,10,13H,4-6,9,11H2,1-3H3,(H,19,23)/t13-/m1/s1. The third-order valence-electron chi connectivity index (χ3n) is 4.32. The maximum Gasteiger partial charge on any atom is 0.407 e. The molecule has 1 fully saturated rings. The van der Waals surface area contributed by atoms with Gasteiger partial charge in [-0.15, -0.1) is 0 Å². The lowest BCUT2D eigenvalue weighted by Crippen LogP contribution is -2.47. The predicted octanol–water partition coefficient (Wildman–Crippen LogP) is 3.62. The number of carbonyl (C=O) groups is 1. The first-order valence-corrected chi connectivity index (χ1v) is 9.01. The largest absolute Gasteiger partial charge is 0.444 e. The molecule has 1 saturated heterocycles. The fraction of sp³-hybridized carbons (Fsp3) is 0.556. The summed E-state index contributed by atoms with van der Waals surface area (Å²) >= 11 is 0. The topological polar surface area (TPSA) is 111 Å². The number of rotatable bonds is 4. The molecule has 3 rings (SSSR count). The van der Waals surface area contributed by atoms with Gasteiger partial charge in [-0.3, -0.25) is 10.1 Å². The number of amides is 1. The number of carbonyl (C=O) groups excluding carboxylic acids is 1. The van der Waals surface area contributed by atoms with Crippen molar-refractivity contribution in [2.45, 2.75) is 51.7 Å². The fourth-order valence-electron chi connectivity index (χ4n) is 3.12. The maximum atomic E-state index is 11.9. The average Bonchev–Trinajstić information content (AvgIpc) is 3.01. The smallest absolute Gasteiger partial charge is 0.407 e. The number of nitro benzene ring substituents is 1. The first-order chi connectivity index (χ1) is 12.7. The van der Waals surface area contributed by atoms with Crippen molar-refractivity contribution in [3.8, 4) is 0 Å². The summed E-state index contributed by atoms with van der Waals surface area (Å²) in [6.45, 7) is 6.61. The van der Waals surface area contributed by atoms with Gasteiger partial charge in [0, 0.05) is 25.2 Å². The predicted molar refractivity (Wildman–Crippen MR) is 99.9 cm³/mol. The molecule has 0 unspecified atom stereocenters. The lowest BCUT2D eigenvalue weighted by atomic mass is 10.0. The Morgan fingerprint density at radius 2 is 2.22 bits per heavy atom. The second kappa shape index (κ2) is 7.42. The molecule has 0 spiro atoms. The molecule has 1 aliphatic rings. The molecule has 1 amide bonds. The number of nitrogens with zero attached hydrogens (tertiary/aromatic N) is 3. The van der Waals surface area contributed by atoms with Crippen LogP contribution in [0.25, 0.3) is 11.1 Å². The van der Waals surface area contributed by atoms with E-state index in [4.69, 9.17) is 9.15 Å². The van der Waals surface area contributed by atoms with Gasteiger partial charge >= 0.3 is 6.09 Å². The van der Waals surface area contributed by atoms with Gasteiger partial charge in [-0.2, -0.15) is 4.98 Å². The first kappa shape index (κ1) is 18.9. The number of nitro groups is 1. The molecule has 1 aliphatic heterocycles. The van der Waals surface area contributed by atoms with Gasteiger partial charge in [0.05, 0.1) is 11.0 Å². The van der Waals surface area contributed by atoms with Crippen molar-refractivity contribution in [3.63, 3.8) is 0 Å².